The van der Waals surface area contributed by atoms with Crippen molar-refractivity contribution < 1.29 is 9.90 Å². The van der Waals surface area contributed by atoms with Gasteiger partial charge < -0.3 is 15.3 Å². The van der Waals surface area contributed by atoms with Gasteiger partial charge in [-0.15, -0.1) is 0 Å². The van der Waals surface area contributed by atoms with E-state index in [-0.39, 0.29) is 11.3 Å². The molecule has 4 nitrogen and oxygen atoms in total. The second-order valence-corrected chi connectivity index (χ2v) is 7.82. The molecule has 128 valence electrons. The lowest BCUT2D eigenvalue weighted by molar-refractivity contribution is -0.131. The molecule has 1 saturated carbocycles. The molecule has 0 aromatic carbocycles. The molecule has 2 N–H and O–H groups in total. The number of nitrogens with one attached hydrogen (secondary N) is 1. The zero-order valence-electron chi connectivity index (χ0n) is 14.4. The fourth-order valence-corrected chi connectivity index (χ4v) is 3.77. The Labute approximate surface area is 135 Å². The van der Waals surface area contributed by atoms with E-state index < -0.39 is 6.10 Å². The van der Waals surface area contributed by atoms with Gasteiger partial charge in [0.25, 0.3) is 0 Å². The van der Waals surface area contributed by atoms with Crippen molar-refractivity contribution in [1.82, 2.24) is 10.2 Å². The third-order valence-corrected chi connectivity index (χ3v) is 5.60. The van der Waals surface area contributed by atoms with Gasteiger partial charge in [-0.25, -0.2) is 0 Å². The van der Waals surface area contributed by atoms with E-state index in [2.05, 4.69) is 24.1 Å². The number of hydrogen-bond donors (Lipinski definition) is 2. The van der Waals surface area contributed by atoms with Crippen molar-refractivity contribution in [2.24, 2.45) is 11.3 Å². The van der Waals surface area contributed by atoms with Crippen LogP contribution < -0.4 is 5.32 Å². The Balaban J connectivity index is 1.70. The Hall–Kier alpha value is -0.610. The van der Waals surface area contributed by atoms with Crippen molar-refractivity contribution in [1.29, 1.82) is 0 Å². The molecule has 0 bridgehead atoms. The van der Waals surface area contributed by atoms with Gasteiger partial charge in [0.05, 0.1) is 6.10 Å². The predicted octanol–water partition coefficient (Wildman–Crippen LogP) is 2.56. The molecule has 1 aliphatic heterocycles. The first-order chi connectivity index (χ1) is 10.5. The fraction of sp³-hybridized carbons (Fsp3) is 0.944. The number of piperidine rings is 1. The third-order valence-electron chi connectivity index (χ3n) is 5.60. The van der Waals surface area contributed by atoms with Crippen LogP contribution in [0.1, 0.15) is 65.2 Å². The van der Waals surface area contributed by atoms with E-state index in [1.807, 2.05) is 0 Å². The Morgan fingerprint density at radius 3 is 2.41 bits per heavy atom. The van der Waals surface area contributed by atoms with Gasteiger partial charge in [0, 0.05) is 18.5 Å². The van der Waals surface area contributed by atoms with Crippen molar-refractivity contribution in [2.75, 3.05) is 26.2 Å². The summed E-state index contributed by atoms with van der Waals surface area (Å²) < 4.78 is 0. The first-order valence-electron chi connectivity index (χ1n) is 9.18. The zero-order valence-corrected chi connectivity index (χ0v) is 14.4. The number of carbonyl (C=O) groups excluding carboxylic acids is 1. The number of aliphatic hydroxyl groups is 1. The van der Waals surface area contributed by atoms with Gasteiger partial charge in [-0.3, -0.25) is 4.79 Å². The highest BCUT2D eigenvalue weighted by Crippen LogP contribution is 2.34. The van der Waals surface area contributed by atoms with Crippen molar-refractivity contribution in [3.63, 3.8) is 0 Å². The van der Waals surface area contributed by atoms with Crippen LogP contribution in [0.25, 0.3) is 0 Å². The Morgan fingerprint density at radius 1 is 1.23 bits per heavy atom. The van der Waals surface area contributed by atoms with E-state index in [0.29, 0.717) is 13.1 Å². The zero-order chi connectivity index (χ0) is 16.0. The summed E-state index contributed by atoms with van der Waals surface area (Å²) in [5, 5.41) is 13.2. The smallest absolute Gasteiger partial charge is 0.226 e. The summed E-state index contributed by atoms with van der Waals surface area (Å²) in [4.78, 5) is 14.8. The van der Waals surface area contributed by atoms with E-state index in [1.165, 1.54) is 25.7 Å². The molecule has 22 heavy (non-hydrogen) atoms. The van der Waals surface area contributed by atoms with Gasteiger partial charge in [-0.2, -0.15) is 0 Å². The van der Waals surface area contributed by atoms with Gasteiger partial charge in [0.15, 0.2) is 0 Å². The highest BCUT2D eigenvalue weighted by molar-refractivity contribution is 5.82. The van der Waals surface area contributed by atoms with Crippen LogP contribution >= 0.6 is 0 Å². The molecule has 2 rings (SSSR count). The van der Waals surface area contributed by atoms with Crippen molar-refractivity contribution >= 4 is 5.91 Å². The SMILES string of the molecule is CC1CCN(CC(O)CNC(=O)C2(C)CCCCCC2)CC1. The molecule has 1 heterocycles. The average molecular weight is 310 g/mol. The maximum atomic E-state index is 12.5. The number of β-amino-alcohol motifs (C(OH)–C–C–N with tert-alkyl or cyclic N) is 1. The summed E-state index contributed by atoms with van der Waals surface area (Å²) >= 11 is 0. The van der Waals surface area contributed by atoms with Crippen LogP contribution in [0, 0.1) is 11.3 Å². The minimum Gasteiger partial charge on any atom is -0.390 e. The van der Waals surface area contributed by atoms with Crippen LogP contribution in [0.5, 0.6) is 0 Å². The molecule has 2 fully saturated rings. The summed E-state index contributed by atoms with van der Waals surface area (Å²) in [7, 11) is 0. The lowest BCUT2D eigenvalue weighted by Gasteiger charge is -2.32. The van der Waals surface area contributed by atoms with Gasteiger partial charge in [-0.1, -0.05) is 39.5 Å². The highest BCUT2D eigenvalue weighted by atomic mass is 16.3. The third kappa shape index (κ3) is 5.24. The number of likely N-dealkylation sites (tertiary alicyclic amines) is 1. The molecule has 0 spiro atoms. The summed E-state index contributed by atoms with van der Waals surface area (Å²) in [6, 6.07) is 0. The van der Waals surface area contributed by atoms with Crippen LogP contribution in [0.2, 0.25) is 0 Å². The molecule has 1 unspecified atom stereocenters. The first-order valence-corrected chi connectivity index (χ1v) is 9.18. The number of aliphatic hydroxyl groups excluding tert-OH is 1. The molecular formula is C18H34N2O2. The lowest BCUT2D eigenvalue weighted by Crippen LogP contribution is -2.46. The molecular weight excluding hydrogens is 276 g/mol. The number of nitrogens with zero attached hydrogens (tertiary/aromatic N) is 1. The normalized spacial score (nSPS) is 25.4. The minimum absolute atomic E-state index is 0.140. The van der Waals surface area contributed by atoms with E-state index in [0.717, 1.165) is 44.7 Å². The maximum absolute atomic E-state index is 12.5. The number of amides is 1. The Kier molecular flexibility index (Phi) is 6.69. The van der Waals surface area contributed by atoms with Crippen molar-refractivity contribution in [3.8, 4) is 0 Å². The number of rotatable bonds is 5. The van der Waals surface area contributed by atoms with E-state index >= 15 is 0 Å². The van der Waals surface area contributed by atoms with Crippen molar-refractivity contribution in [3.05, 3.63) is 0 Å². The summed E-state index contributed by atoms with van der Waals surface area (Å²) in [5.74, 6) is 0.948. The topological polar surface area (TPSA) is 52.6 Å². The summed E-state index contributed by atoms with van der Waals surface area (Å²) in [6.07, 6.45) is 8.76. The molecule has 1 saturated heterocycles. The molecule has 1 aliphatic carbocycles. The average Bonchev–Trinajstić information content (AvgIpc) is 2.73. The summed E-state index contributed by atoms with van der Waals surface area (Å²) in [6.45, 7) is 7.60. The first kappa shape index (κ1) is 17.7. The van der Waals surface area contributed by atoms with E-state index in [1.54, 1.807) is 0 Å². The van der Waals surface area contributed by atoms with Gasteiger partial charge in [-0.05, 0) is 44.7 Å². The quantitative estimate of drug-likeness (QED) is 0.767. The van der Waals surface area contributed by atoms with E-state index in [4.69, 9.17) is 0 Å². The highest BCUT2D eigenvalue weighted by Gasteiger charge is 2.33. The van der Waals surface area contributed by atoms with E-state index in [9.17, 15) is 9.90 Å². The molecule has 1 atom stereocenters. The number of hydrogen-bond acceptors (Lipinski definition) is 3. The van der Waals surface area contributed by atoms with Crippen molar-refractivity contribution in [2.45, 2.75) is 71.3 Å². The molecule has 0 aromatic rings. The van der Waals surface area contributed by atoms with Crippen LogP contribution in [0.3, 0.4) is 0 Å². The van der Waals surface area contributed by atoms with Crippen LogP contribution in [-0.2, 0) is 4.79 Å². The monoisotopic (exact) mass is 310 g/mol. The standard InChI is InChI=1S/C18H34N2O2/c1-15-7-11-20(12-8-15)14-16(21)13-19-17(22)18(2)9-5-3-4-6-10-18/h15-16,21H,3-14H2,1-2H3,(H,19,22). The second-order valence-electron chi connectivity index (χ2n) is 7.82. The lowest BCUT2D eigenvalue weighted by atomic mass is 9.81. The van der Waals surface area contributed by atoms with Gasteiger partial charge >= 0.3 is 0 Å². The molecule has 0 aromatic heterocycles. The van der Waals surface area contributed by atoms with Gasteiger partial charge in [0.2, 0.25) is 5.91 Å². The minimum atomic E-state index is -0.452. The van der Waals surface area contributed by atoms with Crippen LogP contribution in [0.4, 0.5) is 0 Å². The largest absolute Gasteiger partial charge is 0.390 e. The molecule has 2 aliphatic rings. The molecule has 0 radical (unpaired) electrons. The number of carbonyl (C=O) groups is 1. The second kappa shape index (κ2) is 8.30. The van der Waals surface area contributed by atoms with Gasteiger partial charge in [0.1, 0.15) is 0 Å². The Bertz CT molecular complexity index is 343. The fourth-order valence-electron chi connectivity index (χ4n) is 3.77. The summed E-state index contributed by atoms with van der Waals surface area (Å²) in [5.41, 5.74) is -0.225. The Morgan fingerprint density at radius 2 is 1.82 bits per heavy atom. The molecule has 1 amide bonds. The maximum Gasteiger partial charge on any atom is 0.226 e. The van der Waals surface area contributed by atoms with Crippen LogP contribution in [0.15, 0.2) is 0 Å². The molecule has 4 heteroatoms. The van der Waals surface area contributed by atoms with Crippen LogP contribution in [-0.4, -0.2) is 48.2 Å². The predicted molar refractivity (Wildman–Crippen MR) is 89.7 cm³/mol.